The number of anilines is 2. The number of nitrogens with zero attached hydrogens (tertiary/aromatic N) is 3. The first-order chi connectivity index (χ1) is 14.2. The summed E-state index contributed by atoms with van der Waals surface area (Å²) in [7, 11) is 1.77. The Kier molecular flexibility index (Phi) is 5.11. The van der Waals surface area contributed by atoms with Crippen LogP contribution >= 0.6 is 23.5 Å². The number of carbonyl (C=O) groups is 2. The zero-order chi connectivity index (χ0) is 21.6. The number of imidazole rings is 1. The van der Waals surface area contributed by atoms with Gasteiger partial charge in [0.15, 0.2) is 5.82 Å². The number of amides is 2. The van der Waals surface area contributed by atoms with E-state index in [2.05, 4.69) is 42.6 Å². The van der Waals surface area contributed by atoms with Crippen LogP contribution in [0.2, 0.25) is 5.02 Å². The Bertz CT molecular complexity index is 1150. The lowest BCUT2D eigenvalue weighted by atomic mass is 9.87. The predicted molar refractivity (Wildman–Crippen MR) is 120 cm³/mol. The third kappa shape index (κ3) is 3.59. The summed E-state index contributed by atoms with van der Waals surface area (Å²) in [6.07, 6.45) is 3.16. The van der Waals surface area contributed by atoms with E-state index >= 15 is 0 Å². The maximum absolute atomic E-state index is 13.1. The smallest absolute Gasteiger partial charge is 0.269 e. The largest absolute Gasteiger partial charge is 0.338 e. The number of imide groups is 1. The summed E-state index contributed by atoms with van der Waals surface area (Å²) in [6, 6.07) is 11.6. The summed E-state index contributed by atoms with van der Waals surface area (Å²) >= 11 is 7.65. The van der Waals surface area contributed by atoms with Crippen LogP contribution in [0.25, 0.3) is 0 Å². The molecule has 0 saturated carbocycles. The Morgan fingerprint density at radius 2 is 1.67 bits per heavy atom. The molecule has 3 aromatic rings. The highest BCUT2D eigenvalue weighted by Crippen LogP contribution is 2.38. The van der Waals surface area contributed by atoms with Crippen LogP contribution in [-0.4, -0.2) is 21.4 Å². The maximum atomic E-state index is 13.1. The summed E-state index contributed by atoms with van der Waals surface area (Å²) in [4.78, 5) is 32.2. The average molecular weight is 441 g/mol. The molecule has 0 aliphatic carbocycles. The first-order valence-corrected chi connectivity index (χ1v) is 10.6. The molecular weight excluding hydrogens is 420 g/mol. The van der Waals surface area contributed by atoms with E-state index in [-0.39, 0.29) is 27.4 Å². The van der Waals surface area contributed by atoms with E-state index in [0.717, 1.165) is 9.80 Å². The number of halogens is 1. The van der Waals surface area contributed by atoms with Crippen LogP contribution in [0, 0.1) is 0 Å². The van der Waals surface area contributed by atoms with E-state index in [1.807, 2.05) is 12.1 Å². The van der Waals surface area contributed by atoms with Crippen molar-refractivity contribution >= 4 is 46.9 Å². The fourth-order valence-electron chi connectivity index (χ4n) is 3.27. The van der Waals surface area contributed by atoms with Gasteiger partial charge in [0, 0.05) is 18.1 Å². The molecular formula is C22H21ClN4O2S. The van der Waals surface area contributed by atoms with Crippen LogP contribution in [-0.2, 0) is 12.5 Å². The number of hydrogen-bond donors (Lipinski definition) is 1. The summed E-state index contributed by atoms with van der Waals surface area (Å²) in [5.74, 6) is -0.639. The second-order valence-electron chi connectivity index (χ2n) is 8.17. The van der Waals surface area contributed by atoms with Crippen molar-refractivity contribution in [3.8, 4) is 0 Å². The van der Waals surface area contributed by atoms with Crippen LogP contribution < -0.4 is 9.62 Å². The number of benzene rings is 2. The standard InChI is InChI=1S/C22H21ClN4O2S/c1-22(2,3)13-5-7-14(8-6-13)30-25-16-10-9-15(23)18-19(16)21(29)27(20(18)28)17-11-26(4)12-24-17/h5-12,25H,1-4H3. The number of rotatable bonds is 4. The van der Waals surface area contributed by atoms with E-state index in [0.29, 0.717) is 5.69 Å². The first-order valence-electron chi connectivity index (χ1n) is 9.39. The summed E-state index contributed by atoms with van der Waals surface area (Å²) in [5.41, 5.74) is 2.31. The van der Waals surface area contributed by atoms with Crippen molar-refractivity contribution in [3.05, 3.63) is 70.6 Å². The molecule has 0 saturated heterocycles. The number of aromatic nitrogens is 2. The minimum absolute atomic E-state index is 0.0787. The van der Waals surface area contributed by atoms with E-state index in [1.54, 1.807) is 29.9 Å². The van der Waals surface area contributed by atoms with Crippen LogP contribution in [0.5, 0.6) is 0 Å². The number of fused-ring (bicyclic) bond motifs is 1. The van der Waals surface area contributed by atoms with Crippen molar-refractivity contribution in [2.45, 2.75) is 31.1 Å². The van der Waals surface area contributed by atoms with Gasteiger partial charge >= 0.3 is 0 Å². The minimum atomic E-state index is -0.470. The molecule has 4 rings (SSSR count). The van der Waals surface area contributed by atoms with Crippen LogP contribution in [0.4, 0.5) is 11.5 Å². The molecule has 0 radical (unpaired) electrons. The second-order valence-corrected chi connectivity index (χ2v) is 9.45. The van der Waals surface area contributed by atoms with Gasteiger partial charge in [0.25, 0.3) is 11.8 Å². The molecule has 1 aliphatic heterocycles. The summed E-state index contributed by atoms with van der Waals surface area (Å²) < 4.78 is 4.88. The molecule has 6 nitrogen and oxygen atoms in total. The number of nitrogens with one attached hydrogen (secondary N) is 1. The highest BCUT2D eigenvalue weighted by atomic mass is 35.5. The van der Waals surface area contributed by atoms with Crippen LogP contribution in [0.1, 0.15) is 47.1 Å². The van der Waals surface area contributed by atoms with Gasteiger partial charge in [-0.2, -0.15) is 0 Å². The SMILES string of the molecule is Cn1cnc(N2C(=O)c3c(Cl)ccc(NSc4ccc(C(C)(C)C)cc4)c3C2=O)c1. The van der Waals surface area contributed by atoms with Crippen molar-refractivity contribution in [3.63, 3.8) is 0 Å². The van der Waals surface area contributed by atoms with E-state index in [4.69, 9.17) is 11.6 Å². The quantitative estimate of drug-likeness (QED) is 0.441. The van der Waals surface area contributed by atoms with Crippen molar-refractivity contribution < 1.29 is 9.59 Å². The van der Waals surface area contributed by atoms with Crippen molar-refractivity contribution in [1.29, 1.82) is 0 Å². The molecule has 0 spiro atoms. The Hall–Kier alpha value is -2.77. The Labute approximate surface area is 184 Å². The van der Waals surface area contributed by atoms with E-state index in [9.17, 15) is 9.59 Å². The second kappa shape index (κ2) is 7.49. The van der Waals surface area contributed by atoms with Crippen molar-refractivity contribution in [2.24, 2.45) is 7.05 Å². The lowest BCUT2D eigenvalue weighted by molar-refractivity contribution is 0.0925. The Morgan fingerprint density at radius 3 is 2.27 bits per heavy atom. The molecule has 8 heteroatoms. The summed E-state index contributed by atoms with van der Waals surface area (Å²) in [6.45, 7) is 6.50. The Balaban J connectivity index is 1.62. The molecule has 1 aliphatic rings. The van der Waals surface area contributed by atoms with Gasteiger partial charge in [-0.15, -0.1) is 0 Å². The number of carbonyl (C=O) groups excluding carboxylic acids is 2. The lowest BCUT2D eigenvalue weighted by Gasteiger charge is -2.19. The number of hydrogen-bond acceptors (Lipinski definition) is 5. The molecule has 2 aromatic carbocycles. The van der Waals surface area contributed by atoms with E-state index < -0.39 is 11.8 Å². The molecule has 154 valence electrons. The summed E-state index contributed by atoms with van der Waals surface area (Å²) in [5, 5.41) is 0.242. The molecule has 0 bridgehead atoms. The first kappa shape index (κ1) is 20.5. The van der Waals surface area contributed by atoms with Gasteiger partial charge < -0.3 is 9.29 Å². The third-order valence-electron chi connectivity index (χ3n) is 4.91. The zero-order valence-electron chi connectivity index (χ0n) is 17.1. The van der Waals surface area contributed by atoms with Gasteiger partial charge in [0.1, 0.15) is 0 Å². The minimum Gasteiger partial charge on any atom is -0.338 e. The fraction of sp³-hybridized carbons (Fsp3) is 0.227. The zero-order valence-corrected chi connectivity index (χ0v) is 18.6. The van der Waals surface area contributed by atoms with Gasteiger partial charge in [0.05, 0.1) is 28.2 Å². The lowest BCUT2D eigenvalue weighted by Crippen LogP contribution is -2.29. The molecule has 1 N–H and O–H groups in total. The van der Waals surface area contributed by atoms with Gasteiger partial charge in [-0.05, 0) is 47.2 Å². The molecule has 0 fully saturated rings. The molecule has 2 amide bonds. The highest BCUT2D eigenvalue weighted by Gasteiger charge is 2.41. The van der Waals surface area contributed by atoms with Crippen LogP contribution in [0.15, 0.2) is 53.8 Å². The predicted octanol–water partition coefficient (Wildman–Crippen LogP) is 5.29. The van der Waals surface area contributed by atoms with Gasteiger partial charge in [-0.25, -0.2) is 9.88 Å². The van der Waals surface area contributed by atoms with Gasteiger partial charge in [-0.1, -0.05) is 44.5 Å². The van der Waals surface area contributed by atoms with Crippen molar-refractivity contribution in [2.75, 3.05) is 9.62 Å². The molecule has 0 unspecified atom stereocenters. The topological polar surface area (TPSA) is 67.2 Å². The average Bonchev–Trinajstić information content (AvgIpc) is 3.22. The monoisotopic (exact) mass is 440 g/mol. The fourth-order valence-corrected chi connectivity index (χ4v) is 4.18. The maximum Gasteiger partial charge on any atom is 0.269 e. The van der Waals surface area contributed by atoms with Crippen molar-refractivity contribution in [1.82, 2.24) is 9.55 Å². The Morgan fingerprint density at radius 1 is 1.00 bits per heavy atom. The molecule has 30 heavy (non-hydrogen) atoms. The van der Waals surface area contributed by atoms with Gasteiger partial charge in [0.2, 0.25) is 0 Å². The third-order valence-corrected chi connectivity index (χ3v) is 6.05. The molecule has 0 atom stereocenters. The number of aryl methyl sites for hydroxylation is 1. The normalized spacial score (nSPS) is 13.7. The van der Waals surface area contributed by atoms with Gasteiger partial charge in [-0.3, -0.25) is 9.59 Å². The van der Waals surface area contributed by atoms with E-state index in [1.165, 1.54) is 23.8 Å². The highest BCUT2D eigenvalue weighted by molar-refractivity contribution is 8.00. The van der Waals surface area contributed by atoms with Crippen LogP contribution in [0.3, 0.4) is 0 Å². The molecule has 1 aromatic heterocycles. The molecule has 2 heterocycles.